The second kappa shape index (κ2) is 21.1. The van der Waals surface area contributed by atoms with E-state index < -0.39 is 85.9 Å². The second-order valence-electron chi connectivity index (χ2n) is 12.9. The number of esters is 3. The summed E-state index contributed by atoms with van der Waals surface area (Å²) in [4.78, 5) is 35.8. The van der Waals surface area contributed by atoms with E-state index in [1.165, 1.54) is 13.8 Å². The van der Waals surface area contributed by atoms with Crippen LogP contribution in [0, 0.1) is 0 Å². The monoisotopic (exact) mass is 688 g/mol. The topological polar surface area (TPSA) is 197 Å². The van der Waals surface area contributed by atoms with Gasteiger partial charge in [0.2, 0.25) is 0 Å². The third kappa shape index (κ3) is 13.3. The summed E-state index contributed by atoms with van der Waals surface area (Å²) >= 11 is 0. The predicted octanol–water partition coefficient (Wildman–Crippen LogP) is 2.35. The van der Waals surface area contributed by atoms with Crippen molar-refractivity contribution in [3.63, 3.8) is 0 Å². The van der Waals surface area contributed by atoms with E-state index in [4.69, 9.17) is 33.2 Å². The zero-order valence-corrected chi connectivity index (χ0v) is 28.5. The van der Waals surface area contributed by atoms with Crippen molar-refractivity contribution in [2.24, 2.45) is 0 Å². The summed E-state index contributed by atoms with van der Waals surface area (Å²) < 4.78 is 39.6. The van der Waals surface area contributed by atoms with Gasteiger partial charge in [-0.3, -0.25) is 14.4 Å². The van der Waals surface area contributed by atoms with Crippen LogP contribution in [0.2, 0.25) is 0 Å². The number of ether oxygens (including phenoxy) is 7. The van der Waals surface area contributed by atoms with Crippen molar-refractivity contribution in [1.29, 1.82) is 0 Å². The van der Waals surface area contributed by atoms with Gasteiger partial charge in [0, 0.05) is 20.3 Å². The van der Waals surface area contributed by atoms with Crippen molar-refractivity contribution in [1.82, 2.24) is 0 Å². The lowest BCUT2D eigenvalue weighted by atomic mass is 9.97. The van der Waals surface area contributed by atoms with Gasteiger partial charge in [-0.2, -0.15) is 0 Å². The van der Waals surface area contributed by atoms with E-state index in [1.54, 1.807) is 0 Å². The number of carbonyl (C=O) groups is 3. The Balaban J connectivity index is 1.81. The van der Waals surface area contributed by atoms with Gasteiger partial charge in [0.25, 0.3) is 0 Å². The largest absolute Gasteiger partial charge is 0.463 e. The molecule has 0 amide bonds. The second-order valence-corrected chi connectivity index (χ2v) is 12.9. The van der Waals surface area contributed by atoms with E-state index >= 15 is 0 Å². The molecular formula is C34H56O14. The van der Waals surface area contributed by atoms with E-state index in [0.717, 1.165) is 64.2 Å². The van der Waals surface area contributed by atoms with Gasteiger partial charge in [-0.25, -0.2) is 0 Å². The number of fused-ring (bicyclic) bond motifs is 19. The molecule has 4 N–H and O–H groups in total. The van der Waals surface area contributed by atoms with Crippen molar-refractivity contribution in [3.05, 3.63) is 12.2 Å². The Hall–Kier alpha value is -2.17. The van der Waals surface area contributed by atoms with Crippen LogP contribution in [0.3, 0.4) is 0 Å². The van der Waals surface area contributed by atoms with Crippen LogP contribution in [-0.4, -0.2) is 119 Å². The molecule has 0 spiro atoms. The number of aliphatic hydroxyl groups is 4. The Morgan fingerprint density at radius 2 is 1.21 bits per heavy atom. The van der Waals surface area contributed by atoms with Crippen LogP contribution in [0.1, 0.15) is 104 Å². The fourth-order valence-corrected chi connectivity index (χ4v) is 6.00. The van der Waals surface area contributed by atoms with Crippen LogP contribution in [-0.2, 0) is 47.5 Å². The molecule has 276 valence electrons. The van der Waals surface area contributed by atoms with Gasteiger partial charge >= 0.3 is 17.9 Å². The highest BCUT2D eigenvalue weighted by molar-refractivity contribution is 5.69. The first-order valence-corrected chi connectivity index (χ1v) is 17.4. The maximum absolute atomic E-state index is 12.7. The van der Waals surface area contributed by atoms with Gasteiger partial charge in [-0.1, -0.05) is 50.7 Å². The highest BCUT2D eigenvalue weighted by Crippen LogP contribution is 2.32. The molecule has 4 aliphatic heterocycles. The summed E-state index contributed by atoms with van der Waals surface area (Å²) in [5.41, 5.74) is 0. The lowest BCUT2D eigenvalue weighted by molar-refractivity contribution is -0.371. The van der Waals surface area contributed by atoms with Crippen LogP contribution in [0.5, 0.6) is 0 Å². The zero-order valence-electron chi connectivity index (χ0n) is 28.5. The van der Waals surface area contributed by atoms with Crippen LogP contribution >= 0.6 is 0 Å². The molecule has 0 aromatic rings. The maximum Gasteiger partial charge on any atom is 0.306 e. The third-order valence-electron chi connectivity index (χ3n) is 8.76. The summed E-state index contributed by atoms with van der Waals surface area (Å²) in [6.07, 6.45) is 0.483. The van der Waals surface area contributed by atoms with Crippen LogP contribution < -0.4 is 0 Å². The summed E-state index contributed by atoms with van der Waals surface area (Å²) in [5.74, 6) is -1.86. The van der Waals surface area contributed by atoms with Crippen LogP contribution in [0.4, 0.5) is 0 Å². The molecule has 0 radical (unpaired) electrons. The van der Waals surface area contributed by atoms with Gasteiger partial charge in [-0.15, -0.1) is 0 Å². The Kier molecular flexibility index (Phi) is 17.7. The molecule has 0 aromatic carbocycles. The van der Waals surface area contributed by atoms with Crippen molar-refractivity contribution >= 4 is 17.9 Å². The fraction of sp³-hybridized carbons (Fsp3) is 0.853. The Labute approximate surface area is 283 Å². The maximum atomic E-state index is 12.7. The molecule has 2 bridgehead atoms. The van der Waals surface area contributed by atoms with Gasteiger partial charge in [0.05, 0.1) is 6.10 Å². The minimum absolute atomic E-state index is 0.0919. The number of allylic oxidation sites excluding steroid dienone is 2. The van der Waals surface area contributed by atoms with Gasteiger partial charge in [0.15, 0.2) is 18.7 Å². The summed E-state index contributed by atoms with van der Waals surface area (Å²) in [7, 11) is 0. The van der Waals surface area contributed by atoms with E-state index in [9.17, 15) is 34.8 Å². The van der Waals surface area contributed by atoms with Crippen molar-refractivity contribution in [2.75, 3.05) is 13.2 Å². The lowest BCUT2D eigenvalue weighted by Gasteiger charge is -2.47. The number of carbonyl (C=O) groups excluding carboxylic acids is 3. The summed E-state index contributed by atoms with van der Waals surface area (Å²) in [5, 5.41) is 44.2. The van der Waals surface area contributed by atoms with E-state index in [0.29, 0.717) is 12.8 Å². The highest BCUT2D eigenvalue weighted by atomic mass is 16.8. The van der Waals surface area contributed by atoms with Crippen molar-refractivity contribution in [3.8, 4) is 0 Å². The first-order valence-electron chi connectivity index (χ1n) is 17.4. The normalized spacial score (nSPS) is 37.8. The van der Waals surface area contributed by atoms with Crippen LogP contribution in [0.15, 0.2) is 12.2 Å². The molecule has 14 nitrogen and oxygen atoms in total. The van der Waals surface area contributed by atoms with E-state index in [1.807, 2.05) is 6.92 Å². The fourth-order valence-electron chi connectivity index (χ4n) is 6.00. The molecule has 4 rings (SSSR count). The molecule has 0 saturated carbocycles. The van der Waals surface area contributed by atoms with E-state index in [2.05, 4.69) is 12.2 Å². The predicted molar refractivity (Wildman–Crippen MR) is 169 cm³/mol. The molecule has 4 aliphatic rings. The van der Waals surface area contributed by atoms with Crippen molar-refractivity contribution < 1.29 is 68.0 Å². The Morgan fingerprint density at radius 1 is 0.667 bits per heavy atom. The first-order chi connectivity index (χ1) is 23.0. The van der Waals surface area contributed by atoms with Crippen LogP contribution in [0.25, 0.3) is 0 Å². The number of hydrogen-bond donors (Lipinski definition) is 4. The number of aliphatic hydroxyl groups excluding tert-OH is 4. The van der Waals surface area contributed by atoms with Gasteiger partial charge < -0.3 is 53.6 Å². The number of rotatable bonds is 4. The Bertz CT molecular complexity index is 1010. The SMILES string of the molecule is CC(=O)OC[C@@H]1O[C@H]2O[C@H]3[C@H](O[C@@H](C)CCCCCC/C=C\CCCCCCCC(=O)O[C@H]1[C@H](O)[C@@H]2O)O[C@H](COC(C)=O)[C@H](O)[C@@H]3O. The molecule has 48 heavy (non-hydrogen) atoms. The number of hydrogen-bond acceptors (Lipinski definition) is 14. The summed E-state index contributed by atoms with van der Waals surface area (Å²) in [6, 6.07) is 0. The van der Waals surface area contributed by atoms with Gasteiger partial charge in [0.1, 0.15) is 55.9 Å². The molecule has 2 fully saturated rings. The highest BCUT2D eigenvalue weighted by Gasteiger charge is 2.53. The Morgan fingerprint density at radius 3 is 1.85 bits per heavy atom. The molecule has 4 heterocycles. The third-order valence-corrected chi connectivity index (χ3v) is 8.76. The molecule has 14 heteroatoms. The molecule has 11 atom stereocenters. The first kappa shape index (κ1) is 40.3. The molecule has 0 unspecified atom stereocenters. The van der Waals surface area contributed by atoms with E-state index in [-0.39, 0.29) is 19.1 Å². The smallest absolute Gasteiger partial charge is 0.306 e. The van der Waals surface area contributed by atoms with Crippen molar-refractivity contribution in [2.45, 2.75) is 172 Å². The quantitative estimate of drug-likeness (QED) is 0.191. The standard InChI is InChI=1S/C34H56O14/c1-21-17-15-13-11-9-7-5-4-6-8-10-12-14-16-18-26(37)47-31-25(20-43-23(3)36)46-33(30(41)29(31)40)48-32-28(39)27(38)24(19-42-22(2)35)45-34(32)44-21/h4-5,21,24-25,27-34,38-41H,6-20H2,1-3H3/b5-4-/t21-,24+,25-,27-,28-,29+,30-,31+,32+,33-,34+/m0/s1. The molecule has 0 aromatic heterocycles. The minimum atomic E-state index is -1.79. The average molecular weight is 689 g/mol. The average Bonchev–Trinajstić information content (AvgIpc) is 3.03. The molecular weight excluding hydrogens is 632 g/mol. The van der Waals surface area contributed by atoms with Gasteiger partial charge in [-0.05, 0) is 45.4 Å². The molecule has 2 saturated heterocycles. The lowest BCUT2D eigenvalue weighted by Crippen LogP contribution is -2.65. The zero-order chi connectivity index (χ0) is 35.1. The summed E-state index contributed by atoms with van der Waals surface area (Å²) in [6.45, 7) is 3.42. The molecule has 0 aliphatic carbocycles. The minimum Gasteiger partial charge on any atom is -0.463 e.